The van der Waals surface area contributed by atoms with E-state index in [4.69, 9.17) is 4.74 Å². The minimum atomic E-state index is -0.475. The molecule has 0 spiro atoms. The normalized spacial score (nSPS) is 18.6. The van der Waals surface area contributed by atoms with Gasteiger partial charge < -0.3 is 10.1 Å². The van der Waals surface area contributed by atoms with E-state index < -0.39 is 4.92 Å². The molecule has 1 atom stereocenters. The second-order valence-corrected chi connectivity index (χ2v) is 4.14. The molecule has 1 heterocycles. The van der Waals surface area contributed by atoms with Crippen LogP contribution in [-0.4, -0.2) is 23.5 Å². The summed E-state index contributed by atoms with van der Waals surface area (Å²) in [5.74, 6) is -0.342. The zero-order valence-electron chi connectivity index (χ0n) is 9.80. The molecule has 1 aliphatic rings. The predicted octanol–water partition coefficient (Wildman–Crippen LogP) is 1.39. The van der Waals surface area contributed by atoms with Gasteiger partial charge in [-0.25, -0.2) is 0 Å². The summed E-state index contributed by atoms with van der Waals surface area (Å²) in [7, 11) is 0. The predicted molar refractivity (Wildman–Crippen MR) is 63.9 cm³/mol. The van der Waals surface area contributed by atoms with E-state index in [0.717, 1.165) is 19.4 Å². The molecule has 96 valence electrons. The molecule has 1 aromatic rings. The van der Waals surface area contributed by atoms with Crippen LogP contribution in [0.1, 0.15) is 18.4 Å². The van der Waals surface area contributed by atoms with Crippen molar-refractivity contribution in [2.45, 2.75) is 25.5 Å². The summed E-state index contributed by atoms with van der Waals surface area (Å²) in [4.78, 5) is 21.9. The standard InChI is InChI=1S/C12H14N2O4/c15-12(10-5-3-7-13-10)18-8-9-4-1-2-6-11(9)14(16)17/h1-2,4,6,10,13H,3,5,7-8H2. The van der Waals surface area contributed by atoms with Crippen LogP contribution in [0.5, 0.6) is 0 Å². The molecule has 0 amide bonds. The number of ether oxygens (including phenoxy) is 1. The summed E-state index contributed by atoms with van der Waals surface area (Å²) >= 11 is 0. The maximum absolute atomic E-state index is 11.6. The van der Waals surface area contributed by atoms with Crippen molar-refractivity contribution in [2.24, 2.45) is 0 Å². The van der Waals surface area contributed by atoms with Gasteiger partial charge in [0, 0.05) is 6.07 Å². The van der Waals surface area contributed by atoms with Gasteiger partial charge in [-0.3, -0.25) is 14.9 Å². The molecule has 6 nitrogen and oxygen atoms in total. The molecule has 1 aromatic carbocycles. The van der Waals surface area contributed by atoms with Crippen LogP contribution in [0.4, 0.5) is 5.69 Å². The van der Waals surface area contributed by atoms with Gasteiger partial charge in [0.1, 0.15) is 12.6 Å². The minimum absolute atomic E-state index is 0.0234. The molecule has 2 rings (SSSR count). The summed E-state index contributed by atoms with van der Waals surface area (Å²) in [6, 6.07) is 5.99. The lowest BCUT2D eigenvalue weighted by atomic mass is 10.2. The van der Waals surface area contributed by atoms with E-state index in [9.17, 15) is 14.9 Å². The van der Waals surface area contributed by atoms with Gasteiger partial charge >= 0.3 is 5.97 Å². The maximum Gasteiger partial charge on any atom is 0.323 e. The fourth-order valence-corrected chi connectivity index (χ4v) is 1.95. The molecule has 1 aliphatic heterocycles. The van der Waals surface area contributed by atoms with Crippen LogP contribution >= 0.6 is 0 Å². The van der Waals surface area contributed by atoms with Crippen LogP contribution in [0.15, 0.2) is 24.3 Å². The number of hydrogen-bond donors (Lipinski definition) is 1. The van der Waals surface area contributed by atoms with E-state index in [1.807, 2.05) is 0 Å². The number of rotatable bonds is 4. The third-order valence-electron chi connectivity index (χ3n) is 2.90. The number of nitro groups is 1. The van der Waals surface area contributed by atoms with Crippen molar-refractivity contribution in [3.63, 3.8) is 0 Å². The molecule has 18 heavy (non-hydrogen) atoms. The summed E-state index contributed by atoms with van der Waals surface area (Å²) in [5, 5.41) is 13.8. The van der Waals surface area contributed by atoms with Crippen LogP contribution in [0.2, 0.25) is 0 Å². The molecular formula is C12H14N2O4. The number of benzene rings is 1. The van der Waals surface area contributed by atoms with Crippen LogP contribution < -0.4 is 5.32 Å². The first-order valence-corrected chi connectivity index (χ1v) is 5.81. The number of carbonyl (C=O) groups excluding carboxylic acids is 1. The fourth-order valence-electron chi connectivity index (χ4n) is 1.95. The molecule has 0 bridgehead atoms. The molecule has 0 saturated carbocycles. The molecule has 0 radical (unpaired) electrons. The van der Waals surface area contributed by atoms with Gasteiger partial charge in [0.15, 0.2) is 0 Å². The Bertz CT molecular complexity index is 455. The first kappa shape index (κ1) is 12.5. The second kappa shape index (κ2) is 5.59. The van der Waals surface area contributed by atoms with Crippen molar-refractivity contribution < 1.29 is 14.5 Å². The smallest absolute Gasteiger partial charge is 0.323 e. The maximum atomic E-state index is 11.6. The van der Waals surface area contributed by atoms with E-state index in [1.54, 1.807) is 18.2 Å². The Morgan fingerprint density at radius 3 is 2.94 bits per heavy atom. The molecular weight excluding hydrogens is 236 g/mol. The van der Waals surface area contributed by atoms with Gasteiger partial charge in [-0.15, -0.1) is 0 Å². The molecule has 6 heteroatoms. The highest BCUT2D eigenvalue weighted by atomic mass is 16.6. The molecule has 1 fully saturated rings. The van der Waals surface area contributed by atoms with Crippen LogP contribution in [-0.2, 0) is 16.1 Å². The highest BCUT2D eigenvalue weighted by molar-refractivity contribution is 5.76. The topological polar surface area (TPSA) is 81.5 Å². The van der Waals surface area contributed by atoms with Gasteiger partial charge in [0.25, 0.3) is 5.69 Å². The zero-order valence-corrected chi connectivity index (χ0v) is 9.80. The van der Waals surface area contributed by atoms with E-state index in [1.165, 1.54) is 6.07 Å². The summed E-state index contributed by atoms with van der Waals surface area (Å²) in [6.45, 7) is 0.749. The number of nitro benzene ring substituents is 1. The summed E-state index contributed by atoms with van der Waals surface area (Å²) < 4.78 is 5.10. The average Bonchev–Trinajstić information content (AvgIpc) is 2.90. The van der Waals surface area contributed by atoms with Gasteiger partial charge in [-0.2, -0.15) is 0 Å². The molecule has 0 aromatic heterocycles. The first-order valence-electron chi connectivity index (χ1n) is 5.81. The zero-order chi connectivity index (χ0) is 13.0. The quantitative estimate of drug-likeness (QED) is 0.496. The number of nitrogens with one attached hydrogen (secondary N) is 1. The van der Waals surface area contributed by atoms with Crippen molar-refractivity contribution in [2.75, 3.05) is 6.54 Å². The van der Waals surface area contributed by atoms with Gasteiger partial charge in [0.05, 0.1) is 10.5 Å². The Kier molecular flexibility index (Phi) is 3.88. The van der Waals surface area contributed by atoms with E-state index >= 15 is 0 Å². The molecule has 1 saturated heterocycles. The van der Waals surface area contributed by atoms with Gasteiger partial charge in [0.2, 0.25) is 0 Å². The van der Waals surface area contributed by atoms with E-state index in [0.29, 0.717) is 5.56 Å². The first-order chi connectivity index (χ1) is 8.68. The van der Waals surface area contributed by atoms with Gasteiger partial charge in [-0.05, 0) is 25.5 Å². The van der Waals surface area contributed by atoms with Crippen molar-refractivity contribution in [3.05, 3.63) is 39.9 Å². The Morgan fingerprint density at radius 1 is 1.50 bits per heavy atom. The number of para-hydroxylation sites is 1. The Labute approximate surface area is 104 Å². The van der Waals surface area contributed by atoms with Crippen LogP contribution in [0.3, 0.4) is 0 Å². The lowest BCUT2D eigenvalue weighted by molar-refractivity contribution is -0.385. The Balaban J connectivity index is 1.97. The third kappa shape index (κ3) is 2.84. The third-order valence-corrected chi connectivity index (χ3v) is 2.90. The van der Waals surface area contributed by atoms with E-state index in [-0.39, 0.29) is 24.3 Å². The number of hydrogen-bond acceptors (Lipinski definition) is 5. The highest BCUT2D eigenvalue weighted by Crippen LogP contribution is 2.19. The highest BCUT2D eigenvalue weighted by Gasteiger charge is 2.24. The second-order valence-electron chi connectivity index (χ2n) is 4.14. The fraction of sp³-hybridized carbons (Fsp3) is 0.417. The number of nitrogens with zero attached hydrogens (tertiary/aromatic N) is 1. The van der Waals surface area contributed by atoms with Crippen molar-refractivity contribution in [1.82, 2.24) is 5.32 Å². The SMILES string of the molecule is O=C(OCc1ccccc1[N+](=O)[O-])C1CCCN1. The van der Waals surface area contributed by atoms with E-state index in [2.05, 4.69) is 5.32 Å². The van der Waals surface area contributed by atoms with Crippen molar-refractivity contribution >= 4 is 11.7 Å². The summed E-state index contributed by atoms with van der Waals surface area (Å²) in [5.41, 5.74) is 0.388. The largest absolute Gasteiger partial charge is 0.459 e. The van der Waals surface area contributed by atoms with Crippen LogP contribution in [0.25, 0.3) is 0 Å². The Morgan fingerprint density at radius 2 is 2.28 bits per heavy atom. The molecule has 1 N–H and O–H groups in total. The molecule has 1 unspecified atom stereocenters. The van der Waals surface area contributed by atoms with Crippen molar-refractivity contribution in [1.29, 1.82) is 0 Å². The summed E-state index contributed by atoms with van der Waals surface area (Å²) in [6.07, 6.45) is 1.71. The lowest BCUT2D eigenvalue weighted by Crippen LogP contribution is -2.32. The average molecular weight is 250 g/mol. The number of esters is 1. The Hall–Kier alpha value is -1.95. The minimum Gasteiger partial charge on any atom is -0.459 e. The molecule has 0 aliphatic carbocycles. The lowest BCUT2D eigenvalue weighted by Gasteiger charge is -2.10. The van der Waals surface area contributed by atoms with Gasteiger partial charge in [-0.1, -0.05) is 12.1 Å². The van der Waals surface area contributed by atoms with Crippen molar-refractivity contribution in [3.8, 4) is 0 Å². The number of carbonyl (C=O) groups is 1. The monoisotopic (exact) mass is 250 g/mol. The van der Waals surface area contributed by atoms with Crippen LogP contribution in [0, 0.1) is 10.1 Å².